The van der Waals surface area contributed by atoms with Crippen molar-refractivity contribution in [3.05, 3.63) is 46.0 Å². The quantitative estimate of drug-likeness (QED) is 0.893. The summed E-state index contributed by atoms with van der Waals surface area (Å²) in [6, 6.07) is 4.28. The summed E-state index contributed by atoms with van der Waals surface area (Å²) in [4.78, 5) is 15.2. The summed E-state index contributed by atoms with van der Waals surface area (Å²) < 4.78 is 5.35. The van der Waals surface area contributed by atoms with Crippen molar-refractivity contribution in [2.75, 3.05) is 13.1 Å². The lowest BCUT2D eigenvalue weighted by atomic mass is 9.93. The van der Waals surface area contributed by atoms with Gasteiger partial charge in [-0.3, -0.25) is 4.79 Å². The fourth-order valence-electron chi connectivity index (χ4n) is 3.89. The Labute approximate surface area is 152 Å². The first kappa shape index (κ1) is 17.5. The maximum Gasteiger partial charge on any atom is 0.257 e. The zero-order valence-corrected chi connectivity index (χ0v) is 15.4. The number of amides is 1. The summed E-state index contributed by atoms with van der Waals surface area (Å²) >= 11 is 1.69. The van der Waals surface area contributed by atoms with E-state index in [1.54, 1.807) is 23.7 Å². The van der Waals surface area contributed by atoms with Crippen LogP contribution in [0.15, 0.2) is 33.6 Å². The first-order chi connectivity index (χ1) is 11.2. The van der Waals surface area contributed by atoms with E-state index in [1.165, 1.54) is 18.4 Å². The second-order valence-electron chi connectivity index (χ2n) is 6.79. The lowest BCUT2D eigenvalue weighted by molar-refractivity contribution is 0.0690. The minimum Gasteiger partial charge on any atom is -0.469 e. The van der Waals surface area contributed by atoms with E-state index in [0.29, 0.717) is 29.3 Å². The third-order valence-corrected chi connectivity index (χ3v) is 6.14. The van der Waals surface area contributed by atoms with Gasteiger partial charge in [-0.2, -0.15) is 11.3 Å². The second kappa shape index (κ2) is 6.90. The smallest absolute Gasteiger partial charge is 0.257 e. The molecular weight excluding hydrogens is 344 g/mol. The number of piperidine rings is 1. The van der Waals surface area contributed by atoms with Crippen LogP contribution >= 0.6 is 23.7 Å². The highest BCUT2D eigenvalue weighted by Crippen LogP contribution is 2.56. The molecule has 4 nitrogen and oxygen atoms in total. The van der Waals surface area contributed by atoms with Gasteiger partial charge < -0.3 is 14.6 Å². The van der Waals surface area contributed by atoms with Crippen molar-refractivity contribution in [3.63, 3.8) is 0 Å². The average Bonchev–Trinajstić information content (AvgIpc) is 2.97. The highest BCUT2D eigenvalue weighted by molar-refractivity contribution is 7.07. The molecule has 2 fully saturated rings. The van der Waals surface area contributed by atoms with Crippen molar-refractivity contribution in [2.45, 2.75) is 38.8 Å². The van der Waals surface area contributed by atoms with Gasteiger partial charge in [0.2, 0.25) is 0 Å². The van der Waals surface area contributed by atoms with Crippen LogP contribution in [0.3, 0.4) is 0 Å². The highest BCUT2D eigenvalue weighted by atomic mass is 35.5. The number of carbonyl (C=O) groups is 1. The van der Waals surface area contributed by atoms with Crippen molar-refractivity contribution in [1.82, 2.24) is 10.2 Å². The SMILES string of the molecule is Cc1occc1C(=O)N(Cc1ccsc1)C1CC12CCNCC2.Cl. The zero-order valence-electron chi connectivity index (χ0n) is 13.8. The van der Waals surface area contributed by atoms with Gasteiger partial charge >= 0.3 is 0 Å². The predicted octanol–water partition coefficient (Wildman–Crippen LogP) is 3.86. The van der Waals surface area contributed by atoms with Gasteiger partial charge in [0.15, 0.2) is 0 Å². The molecule has 1 N–H and O–H groups in total. The normalized spacial score (nSPS) is 21.3. The maximum atomic E-state index is 13.1. The van der Waals surface area contributed by atoms with Crippen LogP contribution in [-0.4, -0.2) is 29.9 Å². The number of rotatable bonds is 4. The Hall–Kier alpha value is -1.30. The second-order valence-corrected chi connectivity index (χ2v) is 7.57. The maximum absolute atomic E-state index is 13.1. The summed E-state index contributed by atoms with van der Waals surface area (Å²) in [7, 11) is 0. The number of furan rings is 1. The molecule has 0 bridgehead atoms. The largest absolute Gasteiger partial charge is 0.469 e. The number of nitrogens with one attached hydrogen (secondary N) is 1. The van der Waals surface area contributed by atoms with Crippen LogP contribution in [0.25, 0.3) is 0 Å². The number of hydrogen-bond acceptors (Lipinski definition) is 4. The average molecular weight is 367 g/mol. The van der Waals surface area contributed by atoms with Crippen LogP contribution in [0.2, 0.25) is 0 Å². The molecule has 1 saturated carbocycles. The molecule has 1 aliphatic heterocycles. The van der Waals surface area contributed by atoms with Crippen LogP contribution in [0.5, 0.6) is 0 Å². The molecule has 2 aromatic rings. The van der Waals surface area contributed by atoms with Crippen molar-refractivity contribution < 1.29 is 9.21 Å². The van der Waals surface area contributed by atoms with E-state index >= 15 is 0 Å². The van der Waals surface area contributed by atoms with Gasteiger partial charge in [-0.25, -0.2) is 0 Å². The molecule has 0 radical (unpaired) electrons. The minimum absolute atomic E-state index is 0. The van der Waals surface area contributed by atoms with Gasteiger partial charge in [-0.15, -0.1) is 12.4 Å². The molecule has 3 heterocycles. The number of aryl methyl sites for hydroxylation is 1. The molecule has 4 rings (SSSR count). The molecular formula is C18H23ClN2O2S. The van der Waals surface area contributed by atoms with Crippen molar-refractivity contribution in [2.24, 2.45) is 5.41 Å². The lowest BCUT2D eigenvalue weighted by Gasteiger charge is -2.29. The van der Waals surface area contributed by atoms with E-state index < -0.39 is 0 Å². The molecule has 1 amide bonds. The Balaban J connectivity index is 0.00000169. The topological polar surface area (TPSA) is 45.5 Å². The van der Waals surface area contributed by atoms with Crippen LogP contribution in [0.1, 0.15) is 40.9 Å². The molecule has 1 unspecified atom stereocenters. The van der Waals surface area contributed by atoms with E-state index in [2.05, 4.69) is 27.0 Å². The third-order valence-electron chi connectivity index (χ3n) is 5.41. The fourth-order valence-corrected chi connectivity index (χ4v) is 4.55. The van der Waals surface area contributed by atoms with Gasteiger partial charge in [-0.05, 0) is 73.1 Å². The predicted molar refractivity (Wildman–Crippen MR) is 97.8 cm³/mol. The summed E-state index contributed by atoms with van der Waals surface area (Å²) in [5, 5.41) is 7.65. The fraction of sp³-hybridized carbons (Fsp3) is 0.500. The van der Waals surface area contributed by atoms with E-state index in [4.69, 9.17) is 4.42 Å². The van der Waals surface area contributed by atoms with Gasteiger partial charge in [0.25, 0.3) is 5.91 Å². The summed E-state index contributed by atoms with van der Waals surface area (Å²) in [6.45, 7) is 4.71. The van der Waals surface area contributed by atoms with Crippen LogP contribution in [-0.2, 0) is 6.54 Å². The molecule has 130 valence electrons. The number of halogens is 1. The summed E-state index contributed by atoms with van der Waals surface area (Å²) in [5.74, 6) is 0.827. The lowest BCUT2D eigenvalue weighted by Crippen LogP contribution is -2.39. The molecule has 2 aliphatic rings. The number of nitrogens with zero attached hydrogens (tertiary/aromatic N) is 1. The molecule has 2 aromatic heterocycles. The van der Waals surface area contributed by atoms with Gasteiger partial charge in [0, 0.05) is 12.6 Å². The van der Waals surface area contributed by atoms with E-state index in [-0.39, 0.29) is 18.3 Å². The molecule has 6 heteroatoms. The highest BCUT2D eigenvalue weighted by Gasteiger charge is 2.57. The molecule has 1 spiro atoms. The first-order valence-corrected chi connectivity index (χ1v) is 9.21. The van der Waals surface area contributed by atoms with Gasteiger partial charge in [-0.1, -0.05) is 0 Å². The van der Waals surface area contributed by atoms with Gasteiger partial charge in [0.1, 0.15) is 5.76 Å². The number of thiophene rings is 1. The first-order valence-electron chi connectivity index (χ1n) is 8.26. The monoisotopic (exact) mass is 366 g/mol. The summed E-state index contributed by atoms with van der Waals surface area (Å²) in [5.41, 5.74) is 2.27. The van der Waals surface area contributed by atoms with E-state index in [9.17, 15) is 4.79 Å². The number of hydrogen-bond donors (Lipinski definition) is 1. The Morgan fingerprint density at radius 2 is 2.21 bits per heavy atom. The standard InChI is InChI=1S/C18H22N2O2S.ClH/c1-13-15(2-8-22-13)17(21)20(11-14-3-9-23-12-14)16-10-18(16)4-6-19-7-5-18;/h2-3,8-9,12,16,19H,4-7,10-11H2,1H3;1H. The Morgan fingerprint density at radius 3 is 2.83 bits per heavy atom. The Kier molecular flexibility index (Phi) is 5.04. The molecule has 24 heavy (non-hydrogen) atoms. The molecule has 1 atom stereocenters. The van der Waals surface area contributed by atoms with E-state index in [1.807, 2.05) is 6.92 Å². The third kappa shape index (κ3) is 3.13. The van der Waals surface area contributed by atoms with Crippen molar-refractivity contribution >= 4 is 29.7 Å². The minimum atomic E-state index is 0. The Morgan fingerprint density at radius 1 is 1.42 bits per heavy atom. The van der Waals surface area contributed by atoms with Crippen LogP contribution in [0.4, 0.5) is 0 Å². The molecule has 1 saturated heterocycles. The number of carbonyl (C=O) groups excluding carboxylic acids is 1. The van der Waals surface area contributed by atoms with Crippen molar-refractivity contribution in [3.8, 4) is 0 Å². The van der Waals surface area contributed by atoms with Crippen LogP contribution < -0.4 is 5.32 Å². The van der Waals surface area contributed by atoms with Crippen molar-refractivity contribution in [1.29, 1.82) is 0 Å². The van der Waals surface area contributed by atoms with Gasteiger partial charge in [0.05, 0.1) is 11.8 Å². The molecule has 1 aliphatic carbocycles. The summed E-state index contributed by atoms with van der Waals surface area (Å²) in [6.07, 6.45) is 5.10. The Bertz CT molecular complexity index is 692. The molecule has 0 aromatic carbocycles. The van der Waals surface area contributed by atoms with E-state index in [0.717, 1.165) is 19.5 Å². The zero-order chi connectivity index (χ0) is 15.9. The van der Waals surface area contributed by atoms with Crippen LogP contribution in [0, 0.1) is 12.3 Å².